The van der Waals surface area contributed by atoms with Crippen molar-refractivity contribution in [2.24, 2.45) is 0 Å². The lowest BCUT2D eigenvalue weighted by molar-refractivity contribution is 0.414. The lowest BCUT2D eigenvalue weighted by Crippen LogP contribution is -2.32. The minimum Gasteiger partial charge on any atom is -0.497 e. The average molecular weight is 349 g/mol. The second kappa shape index (κ2) is 8.18. The topological polar surface area (TPSA) is 33.3 Å². The summed E-state index contributed by atoms with van der Waals surface area (Å²) in [6.45, 7) is 4.09. The van der Waals surface area contributed by atoms with Crippen LogP contribution in [-0.4, -0.2) is 12.2 Å². The number of nitrogens with one attached hydrogen (secondary N) is 2. The Morgan fingerprint density at radius 2 is 1.91 bits per heavy atom. The van der Waals surface area contributed by atoms with Crippen molar-refractivity contribution in [1.29, 1.82) is 0 Å². The van der Waals surface area contributed by atoms with Crippen LogP contribution in [-0.2, 0) is 0 Å². The molecule has 2 rings (SSSR count). The molecule has 0 aliphatic rings. The Hall–Kier alpha value is -1.78. The molecule has 0 fully saturated rings. The van der Waals surface area contributed by atoms with Crippen LogP contribution in [0, 0.1) is 6.92 Å². The van der Waals surface area contributed by atoms with Gasteiger partial charge in [0.05, 0.1) is 13.2 Å². The van der Waals surface area contributed by atoms with Crippen molar-refractivity contribution in [3.05, 3.63) is 58.6 Å². The highest BCUT2D eigenvalue weighted by atomic mass is 35.5. The van der Waals surface area contributed by atoms with E-state index in [-0.39, 0.29) is 6.04 Å². The van der Waals surface area contributed by atoms with Gasteiger partial charge in [-0.1, -0.05) is 36.7 Å². The molecule has 0 saturated heterocycles. The van der Waals surface area contributed by atoms with Crippen LogP contribution in [0.3, 0.4) is 0 Å². The zero-order chi connectivity index (χ0) is 16.8. The number of hydrogen-bond acceptors (Lipinski definition) is 2. The van der Waals surface area contributed by atoms with Gasteiger partial charge in [-0.25, -0.2) is 0 Å². The smallest absolute Gasteiger partial charge is 0.171 e. The van der Waals surface area contributed by atoms with E-state index < -0.39 is 0 Å². The summed E-state index contributed by atoms with van der Waals surface area (Å²) in [6.07, 6.45) is 0.919. The van der Waals surface area contributed by atoms with Gasteiger partial charge in [0.2, 0.25) is 0 Å². The third-order valence-corrected chi connectivity index (χ3v) is 4.29. The summed E-state index contributed by atoms with van der Waals surface area (Å²) in [5, 5.41) is 7.82. The Labute approximate surface area is 148 Å². The molecule has 2 N–H and O–H groups in total. The highest BCUT2D eigenvalue weighted by molar-refractivity contribution is 7.80. The van der Waals surface area contributed by atoms with Gasteiger partial charge >= 0.3 is 0 Å². The molecule has 0 amide bonds. The zero-order valence-corrected chi connectivity index (χ0v) is 15.1. The van der Waals surface area contributed by atoms with Gasteiger partial charge in [-0.3, -0.25) is 0 Å². The van der Waals surface area contributed by atoms with Crippen molar-refractivity contribution in [1.82, 2.24) is 5.32 Å². The first kappa shape index (κ1) is 17.6. The van der Waals surface area contributed by atoms with Crippen molar-refractivity contribution in [3.63, 3.8) is 0 Å². The maximum Gasteiger partial charge on any atom is 0.171 e. The molecular formula is C18H21ClN2OS. The predicted molar refractivity (Wildman–Crippen MR) is 102 cm³/mol. The van der Waals surface area contributed by atoms with E-state index in [0.717, 1.165) is 28.4 Å². The van der Waals surface area contributed by atoms with Crippen LogP contribution in [0.15, 0.2) is 42.5 Å². The molecule has 0 aliphatic heterocycles. The number of benzene rings is 2. The van der Waals surface area contributed by atoms with E-state index in [0.29, 0.717) is 5.11 Å². The van der Waals surface area contributed by atoms with E-state index in [1.165, 1.54) is 5.56 Å². The molecule has 3 nitrogen and oxygen atoms in total. The van der Waals surface area contributed by atoms with Crippen LogP contribution < -0.4 is 15.4 Å². The van der Waals surface area contributed by atoms with Gasteiger partial charge in [-0.05, 0) is 61.0 Å². The summed E-state index contributed by atoms with van der Waals surface area (Å²) in [5.41, 5.74) is 3.09. The maximum atomic E-state index is 6.14. The van der Waals surface area contributed by atoms with Crippen molar-refractivity contribution in [2.75, 3.05) is 12.4 Å². The Bertz CT molecular complexity index is 673. The Morgan fingerprint density at radius 1 is 1.22 bits per heavy atom. The molecule has 0 bridgehead atoms. The van der Waals surface area contributed by atoms with Crippen LogP contribution >= 0.6 is 23.8 Å². The lowest BCUT2D eigenvalue weighted by Gasteiger charge is -2.20. The molecule has 1 atom stereocenters. The summed E-state index contributed by atoms with van der Waals surface area (Å²) >= 11 is 11.6. The second-order valence-electron chi connectivity index (χ2n) is 5.30. The molecule has 0 unspecified atom stereocenters. The summed E-state index contributed by atoms with van der Waals surface area (Å²) < 4.78 is 5.19. The summed E-state index contributed by atoms with van der Waals surface area (Å²) in [4.78, 5) is 0. The summed E-state index contributed by atoms with van der Waals surface area (Å²) in [5.74, 6) is 0.846. The number of methoxy groups -OCH3 is 1. The fraction of sp³-hybridized carbons (Fsp3) is 0.278. The Kier molecular flexibility index (Phi) is 6.25. The van der Waals surface area contributed by atoms with Gasteiger partial charge in [0.25, 0.3) is 0 Å². The first-order valence-corrected chi connectivity index (χ1v) is 8.29. The second-order valence-corrected chi connectivity index (χ2v) is 6.11. The van der Waals surface area contributed by atoms with Crippen molar-refractivity contribution in [2.45, 2.75) is 26.3 Å². The van der Waals surface area contributed by atoms with E-state index in [1.807, 2.05) is 49.4 Å². The molecular weight excluding hydrogens is 328 g/mol. The first-order chi connectivity index (χ1) is 11.0. The molecule has 2 aromatic rings. The minimum atomic E-state index is 0.141. The molecule has 0 spiro atoms. The van der Waals surface area contributed by atoms with Gasteiger partial charge in [0.1, 0.15) is 5.75 Å². The number of rotatable bonds is 5. The Balaban J connectivity index is 2.02. The fourth-order valence-corrected chi connectivity index (χ4v) is 2.69. The Morgan fingerprint density at radius 3 is 2.48 bits per heavy atom. The third-order valence-electron chi connectivity index (χ3n) is 3.66. The molecule has 0 aromatic heterocycles. The molecule has 0 heterocycles. The zero-order valence-electron chi connectivity index (χ0n) is 13.5. The minimum absolute atomic E-state index is 0.141. The molecule has 2 aromatic carbocycles. The number of ether oxygens (including phenoxy) is 1. The first-order valence-electron chi connectivity index (χ1n) is 7.51. The average Bonchev–Trinajstić information content (AvgIpc) is 2.56. The monoisotopic (exact) mass is 348 g/mol. The van der Waals surface area contributed by atoms with Gasteiger partial charge in [-0.2, -0.15) is 0 Å². The third kappa shape index (κ3) is 4.85. The number of anilines is 1. The highest BCUT2D eigenvalue weighted by Crippen LogP contribution is 2.22. The summed E-state index contributed by atoms with van der Waals surface area (Å²) in [6, 6.07) is 13.9. The van der Waals surface area contributed by atoms with Crippen LogP contribution in [0.4, 0.5) is 5.69 Å². The maximum absolute atomic E-state index is 6.14. The highest BCUT2D eigenvalue weighted by Gasteiger charge is 2.11. The van der Waals surface area contributed by atoms with E-state index >= 15 is 0 Å². The van der Waals surface area contributed by atoms with Crippen LogP contribution in [0.1, 0.15) is 30.5 Å². The molecule has 0 aliphatic carbocycles. The molecule has 5 heteroatoms. The molecule has 122 valence electrons. The SMILES string of the molecule is CC[C@@H](NC(=S)Nc1ccc(C)c(Cl)c1)c1ccc(OC)cc1. The summed E-state index contributed by atoms with van der Waals surface area (Å²) in [7, 11) is 1.66. The lowest BCUT2D eigenvalue weighted by atomic mass is 10.0. The van der Waals surface area contributed by atoms with Crippen LogP contribution in [0.2, 0.25) is 5.02 Å². The fourth-order valence-electron chi connectivity index (χ4n) is 2.25. The van der Waals surface area contributed by atoms with Gasteiger partial charge in [0.15, 0.2) is 5.11 Å². The molecule has 0 saturated carbocycles. The van der Waals surface area contributed by atoms with Gasteiger partial charge < -0.3 is 15.4 Å². The standard InChI is InChI=1S/C18H21ClN2OS/c1-4-17(13-6-9-15(22-3)10-7-13)21-18(23)20-14-8-5-12(2)16(19)11-14/h5-11,17H,4H2,1-3H3,(H2,20,21,23)/t17-/m1/s1. The molecule has 23 heavy (non-hydrogen) atoms. The molecule has 0 radical (unpaired) electrons. The number of halogens is 1. The quantitative estimate of drug-likeness (QED) is 0.737. The van der Waals surface area contributed by atoms with Crippen LogP contribution in [0.5, 0.6) is 5.75 Å². The van der Waals surface area contributed by atoms with E-state index in [9.17, 15) is 0 Å². The number of hydrogen-bond donors (Lipinski definition) is 2. The van der Waals surface area contributed by atoms with Gasteiger partial charge in [-0.15, -0.1) is 0 Å². The van der Waals surface area contributed by atoms with Crippen molar-refractivity contribution >= 4 is 34.6 Å². The number of aryl methyl sites for hydroxylation is 1. The predicted octanol–water partition coefficient (Wildman–Crippen LogP) is 5.09. The van der Waals surface area contributed by atoms with Gasteiger partial charge in [0, 0.05) is 10.7 Å². The van der Waals surface area contributed by atoms with Crippen molar-refractivity contribution in [3.8, 4) is 5.75 Å². The van der Waals surface area contributed by atoms with E-state index in [4.69, 9.17) is 28.6 Å². The normalized spacial score (nSPS) is 11.7. The van der Waals surface area contributed by atoms with E-state index in [1.54, 1.807) is 7.11 Å². The number of thiocarbonyl (C=S) groups is 1. The van der Waals surface area contributed by atoms with E-state index in [2.05, 4.69) is 17.6 Å². The van der Waals surface area contributed by atoms with Crippen LogP contribution in [0.25, 0.3) is 0 Å². The van der Waals surface area contributed by atoms with Crippen molar-refractivity contribution < 1.29 is 4.74 Å². The largest absolute Gasteiger partial charge is 0.497 e.